The van der Waals surface area contributed by atoms with Gasteiger partial charge in [0.1, 0.15) is 0 Å². The quantitative estimate of drug-likeness (QED) is 0.699. The minimum Gasteiger partial charge on any atom is -0.445 e. The highest BCUT2D eigenvalue weighted by Crippen LogP contribution is 2.21. The van der Waals surface area contributed by atoms with E-state index in [4.69, 9.17) is 4.74 Å². The second-order valence-electron chi connectivity index (χ2n) is 3.42. The van der Waals surface area contributed by atoms with Crippen LogP contribution in [0.15, 0.2) is 42.4 Å². The Morgan fingerprint density at radius 2 is 1.88 bits per heavy atom. The summed E-state index contributed by atoms with van der Waals surface area (Å²) >= 11 is 0. The van der Waals surface area contributed by atoms with Crippen LogP contribution in [0.1, 0.15) is 18.1 Å². The first-order chi connectivity index (χ1) is 7.53. The van der Waals surface area contributed by atoms with Crippen LogP contribution in [0.2, 0.25) is 0 Å². The lowest BCUT2D eigenvalue weighted by Gasteiger charge is -2.14. The van der Waals surface area contributed by atoms with Crippen molar-refractivity contribution in [2.75, 3.05) is 7.11 Å². The minimum atomic E-state index is -4.85. The largest absolute Gasteiger partial charge is 0.502 e. The van der Waals surface area contributed by atoms with Gasteiger partial charge in [0.05, 0.1) is 6.10 Å². The van der Waals surface area contributed by atoms with E-state index in [0.717, 1.165) is 11.6 Å². The van der Waals surface area contributed by atoms with Gasteiger partial charge in [0.15, 0.2) is 0 Å². The van der Waals surface area contributed by atoms with Crippen LogP contribution in [0.5, 0.6) is 0 Å². The van der Waals surface area contributed by atoms with Crippen molar-refractivity contribution in [3.05, 3.63) is 47.9 Å². The maximum Gasteiger partial charge on any atom is 0.502 e. The predicted octanol–water partition coefficient (Wildman–Crippen LogP) is 3.71. The normalized spacial score (nSPS) is 14.2. The topological polar surface area (TPSA) is 9.23 Å². The van der Waals surface area contributed by atoms with Crippen molar-refractivity contribution in [2.24, 2.45) is 0 Å². The van der Waals surface area contributed by atoms with E-state index in [9.17, 15) is 12.9 Å². The Morgan fingerprint density at radius 1 is 1.25 bits per heavy atom. The lowest BCUT2D eigenvalue weighted by Crippen LogP contribution is -2.10. The minimum absolute atomic E-state index is 0.224. The van der Waals surface area contributed by atoms with Crippen LogP contribution in [-0.2, 0) is 4.74 Å². The fraction of sp³-hybridized carbons (Fsp3) is 0.273. The fourth-order valence-electron chi connectivity index (χ4n) is 1.39. The highest BCUT2D eigenvalue weighted by Gasteiger charge is 2.17. The molecule has 0 aliphatic rings. The number of rotatable bonds is 5. The number of ether oxygens (including phenoxy) is 1. The molecule has 0 aliphatic heterocycles. The van der Waals surface area contributed by atoms with E-state index in [1.54, 1.807) is 0 Å². The number of hydrogen-bond acceptors (Lipinski definition) is 1. The molecule has 1 atom stereocenters. The molecule has 0 bridgehead atoms. The van der Waals surface area contributed by atoms with E-state index >= 15 is 0 Å². The number of halogens is 3. The monoisotopic (exact) mass is 229 g/mol. The zero-order valence-electron chi connectivity index (χ0n) is 8.95. The van der Waals surface area contributed by atoms with Crippen LogP contribution >= 0.6 is 0 Å². The molecule has 0 unspecified atom stereocenters. The van der Waals surface area contributed by atoms with Gasteiger partial charge in [-0.3, -0.25) is 0 Å². The van der Waals surface area contributed by atoms with Crippen LogP contribution in [0.25, 0.3) is 0 Å². The highest BCUT2D eigenvalue weighted by atomic mass is 19.4. The van der Waals surface area contributed by atoms with Gasteiger partial charge in [-0.1, -0.05) is 30.3 Å². The standard InChI is InChI=1S/C11H13BF3O/c1-16-11(8-5-9-12(13,14)15)10-6-3-2-4-7-10/h2-7,9,11H,8H2,1H3/q-1/b9-5+/t11-/m1/s1. The summed E-state index contributed by atoms with van der Waals surface area (Å²) in [5, 5.41) is 0. The van der Waals surface area contributed by atoms with Crippen molar-refractivity contribution in [3.63, 3.8) is 0 Å². The van der Waals surface area contributed by atoms with Crippen molar-refractivity contribution in [2.45, 2.75) is 12.5 Å². The molecular weight excluding hydrogens is 216 g/mol. The highest BCUT2D eigenvalue weighted by molar-refractivity contribution is 6.64. The third-order valence-corrected chi connectivity index (χ3v) is 2.16. The van der Waals surface area contributed by atoms with E-state index in [1.807, 2.05) is 30.3 Å². The first-order valence-electron chi connectivity index (χ1n) is 4.98. The van der Waals surface area contributed by atoms with Crippen molar-refractivity contribution in [3.8, 4) is 0 Å². The first-order valence-corrected chi connectivity index (χ1v) is 4.98. The number of benzene rings is 1. The van der Waals surface area contributed by atoms with Crippen LogP contribution < -0.4 is 0 Å². The molecule has 1 aromatic rings. The summed E-state index contributed by atoms with van der Waals surface area (Å²) in [6.07, 6.45) is 1.01. The van der Waals surface area contributed by atoms with E-state index in [-0.39, 0.29) is 12.5 Å². The number of methoxy groups -OCH3 is 1. The van der Waals surface area contributed by atoms with Crippen LogP contribution in [0.3, 0.4) is 0 Å². The summed E-state index contributed by atoms with van der Waals surface area (Å²) in [7, 11) is 1.49. The predicted molar refractivity (Wildman–Crippen MR) is 59.0 cm³/mol. The van der Waals surface area contributed by atoms with Gasteiger partial charge in [-0.2, -0.15) is 0 Å². The van der Waals surface area contributed by atoms with E-state index in [0.29, 0.717) is 5.98 Å². The molecule has 0 saturated carbocycles. The molecule has 0 heterocycles. The molecule has 0 fully saturated rings. The molecule has 0 amide bonds. The summed E-state index contributed by atoms with van der Waals surface area (Å²) in [6.45, 7) is -4.85. The average Bonchev–Trinajstić information content (AvgIpc) is 2.24. The van der Waals surface area contributed by atoms with E-state index < -0.39 is 6.98 Å². The molecule has 1 nitrogen and oxygen atoms in total. The summed E-state index contributed by atoms with van der Waals surface area (Å²) in [4.78, 5) is 0. The van der Waals surface area contributed by atoms with Gasteiger partial charge in [0.25, 0.3) is 0 Å². The van der Waals surface area contributed by atoms with Crippen molar-refractivity contribution in [1.29, 1.82) is 0 Å². The molecule has 1 rings (SSSR count). The molecule has 0 saturated heterocycles. The molecule has 16 heavy (non-hydrogen) atoms. The molecule has 5 heteroatoms. The summed E-state index contributed by atoms with van der Waals surface area (Å²) in [6, 6.07) is 9.18. The van der Waals surface area contributed by atoms with E-state index in [1.165, 1.54) is 7.11 Å². The zero-order valence-corrected chi connectivity index (χ0v) is 8.95. The second-order valence-corrected chi connectivity index (χ2v) is 3.42. The Hall–Kier alpha value is -1.23. The summed E-state index contributed by atoms with van der Waals surface area (Å²) in [5.41, 5.74) is 0.879. The molecule has 0 spiro atoms. The van der Waals surface area contributed by atoms with Gasteiger partial charge in [-0.05, 0) is 12.0 Å². The number of hydrogen-bond donors (Lipinski definition) is 0. The Labute approximate surface area is 93.0 Å². The van der Waals surface area contributed by atoms with Crippen molar-refractivity contribution < 1.29 is 17.7 Å². The lowest BCUT2D eigenvalue weighted by atomic mass is 9.90. The molecule has 0 aliphatic carbocycles. The van der Waals surface area contributed by atoms with Crippen LogP contribution in [0, 0.1) is 0 Å². The molecule has 88 valence electrons. The van der Waals surface area contributed by atoms with E-state index in [2.05, 4.69) is 0 Å². The maximum atomic E-state index is 11.9. The molecular formula is C11H13BF3O-. The van der Waals surface area contributed by atoms with Gasteiger partial charge < -0.3 is 17.7 Å². The Bertz CT molecular complexity index is 335. The summed E-state index contributed by atoms with van der Waals surface area (Å²) in [5.74, 6) is 0.301. The maximum absolute atomic E-state index is 11.9. The third kappa shape index (κ3) is 4.53. The van der Waals surface area contributed by atoms with Gasteiger partial charge in [0, 0.05) is 7.11 Å². The molecule has 0 radical (unpaired) electrons. The smallest absolute Gasteiger partial charge is 0.445 e. The first kappa shape index (κ1) is 12.8. The average molecular weight is 229 g/mol. The van der Waals surface area contributed by atoms with Gasteiger partial charge in [-0.25, -0.2) is 0 Å². The molecule has 0 N–H and O–H groups in total. The second kappa shape index (κ2) is 5.75. The molecule has 1 aromatic carbocycles. The van der Waals surface area contributed by atoms with Gasteiger partial charge >= 0.3 is 6.98 Å². The van der Waals surface area contributed by atoms with Gasteiger partial charge in [0.2, 0.25) is 0 Å². The van der Waals surface area contributed by atoms with Crippen LogP contribution in [-0.4, -0.2) is 14.1 Å². The third-order valence-electron chi connectivity index (χ3n) is 2.16. The van der Waals surface area contributed by atoms with Crippen molar-refractivity contribution in [1.82, 2.24) is 0 Å². The Balaban J connectivity index is 2.61. The molecule has 0 aromatic heterocycles. The SMILES string of the molecule is CO[C@H](C/C=C/[B-](F)(F)F)c1ccccc1. The fourth-order valence-corrected chi connectivity index (χ4v) is 1.39. The zero-order chi connectivity index (χ0) is 12.0. The van der Waals surface area contributed by atoms with Crippen molar-refractivity contribution >= 4 is 6.98 Å². The summed E-state index contributed by atoms with van der Waals surface area (Å²) < 4.78 is 41.0. The Kier molecular flexibility index (Phi) is 4.61. The lowest BCUT2D eigenvalue weighted by molar-refractivity contribution is 0.106. The van der Waals surface area contributed by atoms with Gasteiger partial charge in [-0.15, -0.1) is 12.1 Å². The Morgan fingerprint density at radius 3 is 2.38 bits per heavy atom. The van der Waals surface area contributed by atoms with Crippen LogP contribution in [0.4, 0.5) is 12.9 Å².